The van der Waals surface area contributed by atoms with E-state index in [1.807, 2.05) is 18.2 Å². The highest BCUT2D eigenvalue weighted by atomic mass is 79.9. The zero-order valence-corrected chi connectivity index (χ0v) is 18.8. The van der Waals surface area contributed by atoms with Crippen molar-refractivity contribution in [3.63, 3.8) is 0 Å². The summed E-state index contributed by atoms with van der Waals surface area (Å²) in [7, 11) is 0. The van der Waals surface area contributed by atoms with Crippen molar-refractivity contribution >= 4 is 55.9 Å². The van der Waals surface area contributed by atoms with Gasteiger partial charge in [-0.25, -0.2) is 4.98 Å². The monoisotopic (exact) mass is 510 g/mol. The predicted molar refractivity (Wildman–Crippen MR) is 127 cm³/mol. The average Bonchev–Trinajstić information content (AvgIpc) is 2.79. The van der Waals surface area contributed by atoms with Gasteiger partial charge in [-0.2, -0.15) is 0 Å². The van der Waals surface area contributed by atoms with Crippen LogP contribution in [0.2, 0.25) is 0 Å². The predicted octanol–water partition coefficient (Wildman–Crippen LogP) is 4.79. The summed E-state index contributed by atoms with van der Waals surface area (Å²) in [6.45, 7) is 0. The first-order valence-electron chi connectivity index (χ1n) is 9.37. The fraction of sp³-hybridized carbons (Fsp3) is 0.0455. The van der Waals surface area contributed by atoms with E-state index in [0.717, 1.165) is 16.2 Å². The van der Waals surface area contributed by atoms with Gasteiger partial charge in [-0.1, -0.05) is 52.0 Å². The molecule has 0 fully saturated rings. The van der Waals surface area contributed by atoms with E-state index in [9.17, 15) is 19.7 Å². The van der Waals surface area contributed by atoms with Gasteiger partial charge in [0.05, 0.1) is 27.3 Å². The summed E-state index contributed by atoms with van der Waals surface area (Å²) < 4.78 is 2.24. The zero-order valence-electron chi connectivity index (χ0n) is 16.4. The normalized spacial score (nSPS) is 10.8. The number of carbonyl (C=O) groups excluding carboxylic acids is 1. The van der Waals surface area contributed by atoms with Crippen LogP contribution in [0.15, 0.2) is 87.2 Å². The van der Waals surface area contributed by atoms with E-state index in [2.05, 4.69) is 26.2 Å². The maximum absolute atomic E-state index is 13.3. The molecule has 1 N–H and O–H groups in total. The summed E-state index contributed by atoms with van der Waals surface area (Å²) in [5.41, 5.74) is 1.11. The van der Waals surface area contributed by atoms with E-state index in [1.54, 1.807) is 36.4 Å². The highest BCUT2D eigenvalue weighted by Crippen LogP contribution is 2.24. The molecule has 1 amide bonds. The Morgan fingerprint density at radius 2 is 1.88 bits per heavy atom. The number of halogens is 1. The lowest BCUT2D eigenvalue weighted by Gasteiger charge is -2.13. The molecular weight excluding hydrogens is 496 g/mol. The Morgan fingerprint density at radius 3 is 2.62 bits per heavy atom. The molecule has 0 aliphatic heterocycles. The third-order valence-electron chi connectivity index (χ3n) is 4.49. The minimum Gasteiger partial charge on any atom is -0.325 e. The molecule has 4 aromatic rings. The average molecular weight is 511 g/mol. The number of hydrogen-bond donors (Lipinski definition) is 1. The lowest BCUT2D eigenvalue weighted by molar-refractivity contribution is -0.384. The van der Waals surface area contributed by atoms with E-state index >= 15 is 0 Å². The molecule has 4 rings (SSSR count). The fourth-order valence-electron chi connectivity index (χ4n) is 3.06. The molecule has 0 spiro atoms. The minimum atomic E-state index is -0.527. The Kier molecular flexibility index (Phi) is 6.33. The van der Waals surface area contributed by atoms with E-state index in [-0.39, 0.29) is 22.9 Å². The summed E-state index contributed by atoms with van der Waals surface area (Å²) >= 11 is 4.49. The largest absolute Gasteiger partial charge is 0.325 e. The molecule has 0 saturated carbocycles. The molecule has 8 nitrogen and oxygen atoms in total. The Balaban J connectivity index is 1.64. The molecule has 0 radical (unpaired) electrons. The van der Waals surface area contributed by atoms with E-state index in [0.29, 0.717) is 27.4 Å². The second-order valence-electron chi connectivity index (χ2n) is 6.68. The van der Waals surface area contributed by atoms with Crippen LogP contribution in [0.4, 0.5) is 11.4 Å². The number of rotatable bonds is 6. The smallest absolute Gasteiger partial charge is 0.271 e. The van der Waals surface area contributed by atoms with Crippen LogP contribution >= 0.6 is 27.7 Å². The van der Waals surface area contributed by atoms with Crippen LogP contribution in [0.1, 0.15) is 0 Å². The lowest BCUT2D eigenvalue weighted by Crippen LogP contribution is -2.23. The van der Waals surface area contributed by atoms with Crippen molar-refractivity contribution in [2.75, 3.05) is 11.1 Å². The maximum Gasteiger partial charge on any atom is 0.271 e. The number of nitrogens with zero attached hydrogens (tertiary/aromatic N) is 3. The molecule has 0 aliphatic rings. The van der Waals surface area contributed by atoms with Crippen molar-refractivity contribution in [3.05, 3.63) is 97.7 Å². The molecule has 0 saturated heterocycles. The lowest BCUT2D eigenvalue weighted by atomic mass is 10.2. The van der Waals surface area contributed by atoms with E-state index < -0.39 is 4.92 Å². The molecule has 160 valence electrons. The minimum absolute atomic E-state index is 0.0377. The number of hydrogen-bond acceptors (Lipinski definition) is 6. The Bertz CT molecular complexity index is 1390. The van der Waals surface area contributed by atoms with Crippen LogP contribution in [0.3, 0.4) is 0 Å². The second kappa shape index (κ2) is 9.33. The summed E-state index contributed by atoms with van der Waals surface area (Å²) in [4.78, 5) is 40.8. The van der Waals surface area contributed by atoms with Crippen molar-refractivity contribution in [3.8, 4) is 5.69 Å². The third kappa shape index (κ3) is 4.71. The number of benzene rings is 3. The highest BCUT2D eigenvalue weighted by Gasteiger charge is 2.16. The maximum atomic E-state index is 13.3. The number of para-hydroxylation sites is 1. The van der Waals surface area contributed by atoms with Crippen molar-refractivity contribution in [2.24, 2.45) is 0 Å². The van der Waals surface area contributed by atoms with Crippen molar-refractivity contribution in [2.45, 2.75) is 5.16 Å². The van der Waals surface area contributed by atoms with Gasteiger partial charge in [-0.05, 0) is 36.4 Å². The number of non-ortho nitro benzene ring substituents is 1. The first-order valence-corrected chi connectivity index (χ1v) is 11.1. The molecule has 1 heterocycles. The topological polar surface area (TPSA) is 107 Å². The molecule has 3 aromatic carbocycles. The molecule has 0 atom stereocenters. The summed E-state index contributed by atoms with van der Waals surface area (Å²) in [5.74, 6) is -0.412. The van der Waals surface area contributed by atoms with Crippen LogP contribution < -0.4 is 10.9 Å². The van der Waals surface area contributed by atoms with Gasteiger partial charge < -0.3 is 5.32 Å². The quantitative estimate of drug-likeness (QED) is 0.173. The van der Waals surface area contributed by atoms with Gasteiger partial charge in [0.15, 0.2) is 5.16 Å². The number of aromatic nitrogens is 2. The number of carbonyl (C=O) groups is 1. The Labute approximate surface area is 194 Å². The van der Waals surface area contributed by atoms with Gasteiger partial charge in [0.25, 0.3) is 11.2 Å². The van der Waals surface area contributed by atoms with Gasteiger partial charge >= 0.3 is 0 Å². The number of nitro benzene ring substituents is 1. The van der Waals surface area contributed by atoms with Gasteiger partial charge in [0, 0.05) is 22.3 Å². The van der Waals surface area contributed by atoms with Gasteiger partial charge in [-0.15, -0.1) is 0 Å². The molecule has 32 heavy (non-hydrogen) atoms. The Hall–Kier alpha value is -3.50. The van der Waals surface area contributed by atoms with E-state index in [4.69, 9.17) is 0 Å². The van der Waals surface area contributed by atoms with Crippen molar-refractivity contribution in [1.82, 2.24) is 9.55 Å². The van der Waals surface area contributed by atoms with E-state index in [1.165, 1.54) is 22.8 Å². The number of nitro groups is 1. The molecule has 0 unspecified atom stereocenters. The van der Waals surface area contributed by atoms with Gasteiger partial charge in [0.2, 0.25) is 5.91 Å². The highest BCUT2D eigenvalue weighted by molar-refractivity contribution is 9.10. The van der Waals surface area contributed by atoms with Crippen LogP contribution in [0, 0.1) is 10.1 Å². The Morgan fingerprint density at radius 1 is 1.09 bits per heavy atom. The van der Waals surface area contributed by atoms with Crippen molar-refractivity contribution in [1.29, 1.82) is 0 Å². The van der Waals surface area contributed by atoms with Gasteiger partial charge in [-0.3, -0.25) is 24.3 Å². The fourth-order valence-corrected chi connectivity index (χ4v) is 4.24. The van der Waals surface area contributed by atoms with Gasteiger partial charge in [0.1, 0.15) is 0 Å². The first-order chi connectivity index (χ1) is 15.4. The number of amides is 1. The second-order valence-corrected chi connectivity index (χ2v) is 8.53. The molecule has 0 aliphatic carbocycles. The number of anilines is 1. The number of thioether (sulfide) groups is 1. The summed E-state index contributed by atoms with van der Waals surface area (Å²) in [5, 5.41) is 14.4. The number of fused-ring (bicyclic) bond motifs is 1. The van der Waals surface area contributed by atoms with Crippen LogP contribution in [0.5, 0.6) is 0 Å². The van der Waals surface area contributed by atoms with Crippen LogP contribution in [-0.2, 0) is 4.79 Å². The SMILES string of the molecule is O=C(CSc1nc2ccc(Br)cc2c(=O)n1-c1ccccc1)Nc1cccc([N+](=O)[O-])c1. The third-order valence-corrected chi connectivity index (χ3v) is 5.92. The van der Waals surface area contributed by atoms with Crippen LogP contribution in [0.25, 0.3) is 16.6 Å². The standard InChI is InChI=1S/C22H15BrN4O4S/c23-14-9-10-19-18(11-14)21(29)26(16-6-2-1-3-7-16)22(25-19)32-13-20(28)24-15-5-4-8-17(12-15)27(30)31/h1-12H,13H2,(H,24,28). The molecular formula is C22H15BrN4O4S. The zero-order chi connectivity index (χ0) is 22.7. The summed E-state index contributed by atoms with van der Waals surface area (Å²) in [6.07, 6.45) is 0. The summed E-state index contributed by atoms with van der Waals surface area (Å²) in [6, 6.07) is 20.0. The number of nitrogens with one attached hydrogen (secondary N) is 1. The van der Waals surface area contributed by atoms with Crippen LogP contribution in [-0.4, -0.2) is 26.1 Å². The molecule has 1 aromatic heterocycles. The molecule has 0 bridgehead atoms. The van der Waals surface area contributed by atoms with Crippen molar-refractivity contribution < 1.29 is 9.72 Å². The first kappa shape index (κ1) is 21.7. The molecule has 10 heteroatoms.